The zero-order valence-corrected chi connectivity index (χ0v) is 13.0. The molecule has 0 aromatic carbocycles. The van der Waals surface area contributed by atoms with Crippen LogP contribution < -0.4 is 5.32 Å². The Morgan fingerprint density at radius 1 is 1.43 bits per heavy atom. The Hall–Kier alpha value is -2.22. The van der Waals surface area contributed by atoms with Crippen LogP contribution in [0.5, 0.6) is 0 Å². The normalized spacial score (nSPS) is 12.2. The molecule has 2 aromatic rings. The second-order valence-corrected chi connectivity index (χ2v) is 5.79. The van der Waals surface area contributed by atoms with Gasteiger partial charge in [-0.2, -0.15) is 5.10 Å². The molecule has 0 bridgehead atoms. The Morgan fingerprint density at radius 2 is 2.10 bits per heavy atom. The van der Waals surface area contributed by atoms with Crippen LogP contribution >= 0.6 is 11.3 Å². The van der Waals surface area contributed by atoms with Crippen molar-refractivity contribution in [2.45, 2.75) is 26.8 Å². The van der Waals surface area contributed by atoms with Gasteiger partial charge in [-0.25, -0.2) is 9.78 Å². The van der Waals surface area contributed by atoms with Crippen LogP contribution in [0.15, 0.2) is 6.20 Å². The first-order valence-electron chi connectivity index (χ1n) is 6.31. The highest BCUT2D eigenvalue weighted by Gasteiger charge is 2.21. The third kappa shape index (κ3) is 2.94. The molecular weight excluding hydrogens is 292 g/mol. The van der Waals surface area contributed by atoms with Crippen molar-refractivity contribution in [3.05, 3.63) is 33.0 Å². The van der Waals surface area contributed by atoms with E-state index >= 15 is 0 Å². The lowest BCUT2D eigenvalue weighted by Crippen LogP contribution is -2.27. The number of rotatable bonds is 4. The number of hydrogen-bond donors (Lipinski definition) is 2. The minimum absolute atomic E-state index is 0.153. The van der Waals surface area contributed by atoms with Gasteiger partial charge < -0.3 is 10.4 Å². The van der Waals surface area contributed by atoms with Crippen LogP contribution in [-0.4, -0.2) is 31.7 Å². The van der Waals surface area contributed by atoms with Crippen molar-refractivity contribution in [2.24, 2.45) is 7.05 Å². The lowest BCUT2D eigenvalue weighted by molar-refractivity contribution is 0.0701. The number of hydrogen-bond acceptors (Lipinski definition) is 5. The van der Waals surface area contributed by atoms with E-state index in [4.69, 9.17) is 5.11 Å². The fourth-order valence-electron chi connectivity index (χ4n) is 2.02. The van der Waals surface area contributed by atoms with Crippen LogP contribution in [0.4, 0.5) is 0 Å². The maximum Gasteiger partial charge on any atom is 0.347 e. The summed E-state index contributed by atoms with van der Waals surface area (Å²) in [4.78, 5) is 27.4. The summed E-state index contributed by atoms with van der Waals surface area (Å²) in [7, 11) is 1.78. The molecule has 2 rings (SSSR count). The van der Waals surface area contributed by atoms with Crippen LogP contribution in [0.3, 0.4) is 0 Å². The van der Waals surface area contributed by atoms with E-state index < -0.39 is 5.97 Å². The Kier molecular flexibility index (Phi) is 4.08. The van der Waals surface area contributed by atoms with Gasteiger partial charge in [0.1, 0.15) is 9.88 Å². The SMILES string of the molecule is Cc1nn(C)c(C)c1C(=O)NC(C)c1ncc(C(=O)O)s1. The van der Waals surface area contributed by atoms with Crippen LogP contribution in [-0.2, 0) is 7.05 Å². The Bertz CT molecular complexity index is 704. The number of aryl methyl sites for hydroxylation is 2. The molecule has 0 radical (unpaired) electrons. The number of amides is 1. The fourth-order valence-corrected chi connectivity index (χ4v) is 2.78. The van der Waals surface area contributed by atoms with Crippen LogP contribution in [0.25, 0.3) is 0 Å². The standard InChI is InChI=1S/C13H16N4O3S/c1-6-10(8(3)17(4)16-6)11(18)15-7(2)12-14-5-9(21-12)13(19)20/h5,7H,1-4H3,(H,15,18)(H,19,20). The maximum atomic E-state index is 12.3. The van der Waals surface area contributed by atoms with Gasteiger partial charge in [-0.3, -0.25) is 9.48 Å². The number of nitrogens with zero attached hydrogens (tertiary/aromatic N) is 3. The van der Waals surface area contributed by atoms with Gasteiger partial charge in [0, 0.05) is 12.7 Å². The number of aromatic carboxylic acids is 1. The predicted octanol–water partition coefficient (Wildman–Crippen LogP) is 1.68. The highest BCUT2D eigenvalue weighted by Crippen LogP contribution is 2.21. The van der Waals surface area contributed by atoms with Gasteiger partial charge in [-0.05, 0) is 20.8 Å². The van der Waals surface area contributed by atoms with Gasteiger partial charge in [0.25, 0.3) is 5.91 Å². The second kappa shape index (κ2) is 5.65. The van der Waals surface area contributed by atoms with Crippen molar-refractivity contribution >= 4 is 23.2 Å². The Morgan fingerprint density at radius 3 is 2.57 bits per heavy atom. The van der Waals surface area contributed by atoms with E-state index in [1.54, 1.807) is 25.6 Å². The molecule has 0 aliphatic carbocycles. The smallest absolute Gasteiger partial charge is 0.347 e. The average Bonchev–Trinajstić information content (AvgIpc) is 2.96. The van der Waals surface area contributed by atoms with Crippen LogP contribution in [0.2, 0.25) is 0 Å². The minimum Gasteiger partial charge on any atom is -0.477 e. The lowest BCUT2D eigenvalue weighted by atomic mass is 10.1. The second-order valence-electron chi connectivity index (χ2n) is 4.73. The zero-order chi connectivity index (χ0) is 15.7. The van der Waals surface area contributed by atoms with Crippen molar-refractivity contribution in [1.82, 2.24) is 20.1 Å². The molecule has 0 spiro atoms. The number of nitrogens with one attached hydrogen (secondary N) is 1. The summed E-state index contributed by atoms with van der Waals surface area (Å²) in [5.41, 5.74) is 1.98. The summed E-state index contributed by atoms with van der Waals surface area (Å²) in [5.74, 6) is -1.26. The predicted molar refractivity (Wildman–Crippen MR) is 77.6 cm³/mol. The van der Waals surface area contributed by atoms with Gasteiger partial charge in [0.15, 0.2) is 0 Å². The molecule has 1 amide bonds. The van der Waals surface area contributed by atoms with Crippen LogP contribution in [0, 0.1) is 13.8 Å². The van der Waals surface area contributed by atoms with E-state index in [1.807, 2.05) is 6.92 Å². The molecule has 1 atom stereocenters. The highest BCUT2D eigenvalue weighted by atomic mass is 32.1. The van der Waals surface area contributed by atoms with Crippen molar-refractivity contribution in [3.8, 4) is 0 Å². The molecule has 0 aliphatic heterocycles. The van der Waals surface area contributed by atoms with E-state index in [-0.39, 0.29) is 16.8 Å². The first kappa shape index (κ1) is 15.2. The molecule has 21 heavy (non-hydrogen) atoms. The molecule has 1 unspecified atom stereocenters. The summed E-state index contributed by atoms with van der Waals surface area (Å²) in [6, 6.07) is -0.366. The molecule has 2 N–H and O–H groups in total. The fraction of sp³-hybridized carbons (Fsp3) is 0.385. The summed E-state index contributed by atoms with van der Waals surface area (Å²) in [6.45, 7) is 5.37. The van der Waals surface area contributed by atoms with Gasteiger partial charge in [0.05, 0.1) is 23.5 Å². The van der Waals surface area contributed by atoms with Gasteiger partial charge >= 0.3 is 5.97 Å². The largest absolute Gasteiger partial charge is 0.477 e. The molecule has 0 saturated heterocycles. The molecular formula is C13H16N4O3S. The van der Waals surface area contributed by atoms with Gasteiger partial charge in [0.2, 0.25) is 0 Å². The monoisotopic (exact) mass is 308 g/mol. The third-order valence-electron chi connectivity index (χ3n) is 3.19. The van der Waals surface area contributed by atoms with E-state index in [9.17, 15) is 9.59 Å². The third-order valence-corrected chi connectivity index (χ3v) is 4.36. The quantitative estimate of drug-likeness (QED) is 0.895. The number of carboxylic acids is 1. The summed E-state index contributed by atoms with van der Waals surface area (Å²) >= 11 is 1.05. The first-order chi connectivity index (χ1) is 9.81. The minimum atomic E-state index is -1.02. The maximum absolute atomic E-state index is 12.3. The summed E-state index contributed by atoms with van der Waals surface area (Å²) < 4.78 is 1.65. The first-order valence-corrected chi connectivity index (χ1v) is 7.13. The topological polar surface area (TPSA) is 97.1 Å². The zero-order valence-electron chi connectivity index (χ0n) is 12.2. The molecule has 7 nitrogen and oxygen atoms in total. The molecule has 8 heteroatoms. The number of aromatic nitrogens is 3. The van der Waals surface area contributed by atoms with E-state index in [2.05, 4.69) is 15.4 Å². The molecule has 0 fully saturated rings. The number of carboxylic acid groups (broad SMARTS) is 1. The van der Waals surface area contributed by atoms with Crippen LogP contribution in [0.1, 0.15) is 49.4 Å². The molecule has 112 valence electrons. The molecule has 2 aromatic heterocycles. The number of carbonyl (C=O) groups is 2. The van der Waals surface area contributed by atoms with Gasteiger partial charge in [-0.1, -0.05) is 0 Å². The van der Waals surface area contributed by atoms with Gasteiger partial charge in [-0.15, -0.1) is 11.3 Å². The van der Waals surface area contributed by atoms with E-state index in [0.29, 0.717) is 16.3 Å². The number of thiazole rings is 1. The van der Waals surface area contributed by atoms with Crippen molar-refractivity contribution in [2.75, 3.05) is 0 Å². The molecule has 2 heterocycles. The Labute approximate surface area is 125 Å². The Balaban J connectivity index is 2.16. The highest BCUT2D eigenvalue weighted by molar-refractivity contribution is 7.13. The lowest BCUT2D eigenvalue weighted by Gasteiger charge is -2.11. The number of carbonyl (C=O) groups excluding carboxylic acids is 1. The average molecular weight is 308 g/mol. The molecule has 0 saturated carbocycles. The van der Waals surface area contributed by atoms with Crippen molar-refractivity contribution < 1.29 is 14.7 Å². The molecule has 0 aliphatic rings. The van der Waals surface area contributed by atoms with E-state index in [0.717, 1.165) is 17.0 Å². The van der Waals surface area contributed by atoms with E-state index in [1.165, 1.54) is 6.20 Å². The summed E-state index contributed by atoms with van der Waals surface area (Å²) in [6.07, 6.45) is 1.30. The van der Waals surface area contributed by atoms with Crippen molar-refractivity contribution in [3.63, 3.8) is 0 Å². The van der Waals surface area contributed by atoms with Crippen molar-refractivity contribution in [1.29, 1.82) is 0 Å². The summed E-state index contributed by atoms with van der Waals surface area (Å²) in [5, 5.41) is 16.5.